The number of methoxy groups -OCH3 is 1. The number of hydrogen-bond acceptors (Lipinski definition) is 3. The highest BCUT2D eigenvalue weighted by atomic mass is 35.5. The Morgan fingerprint density at radius 1 is 1.19 bits per heavy atom. The summed E-state index contributed by atoms with van der Waals surface area (Å²) in [5.41, 5.74) is 9.87. The molecule has 0 saturated heterocycles. The van der Waals surface area contributed by atoms with E-state index in [4.69, 9.17) is 22.1 Å². The largest absolute Gasteiger partial charge is 0.384 e. The number of hydrogen-bond donors (Lipinski definition) is 1. The molecule has 108 valence electrons. The first-order chi connectivity index (χ1) is 10.2. The number of para-hydroxylation sites is 2. The molecule has 0 aliphatic carbocycles. The molecule has 4 nitrogen and oxygen atoms in total. The molecular weight excluding hydrogens is 286 g/mol. The average Bonchev–Trinajstić information content (AvgIpc) is 2.83. The van der Waals surface area contributed by atoms with E-state index in [1.165, 1.54) is 0 Å². The van der Waals surface area contributed by atoms with Gasteiger partial charge in [0.2, 0.25) is 5.95 Å². The SMILES string of the molecule is COCCc1ccccc1-n1c(N)nc2cccc(Cl)c21. The summed E-state index contributed by atoms with van der Waals surface area (Å²) in [4.78, 5) is 4.40. The molecule has 0 aliphatic rings. The number of nitrogens with zero attached hydrogens (tertiary/aromatic N) is 2. The minimum absolute atomic E-state index is 0.433. The van der Waals surface area contributed by atoms with Gasteiger partial charge in [0, 0.05) is 7.11 Å². The maximum absolute atomic E-state index is 6.34. The lowest BCUT2D eigenvalue weighted by atomic mass is 10.1. The first-order valence-electron chi connectivity index (χ1n) is 6.72. The van der Waals surface area contributed by atoms with Crippen LogP contribution in [-0.2, 0) is 11.2 Å². The van der Waals surface area contributed by atoms with Gasteiger partial charge in [-0.1, -0.05) is 35.9 Å². The maximum atomic E-state index is 6.34. The van der Waals surface area contributed by atoms with Crippen molar-refractivity contribution in [2.75, 3.05) is 19.5 Å². The van der Waals surface area contributed by atoms with Gasteiger partial charge in [-0.15, -0.1) is 0 Å². The smallest absolute Gasteiger partial charge is 0.205 e. The van der Waals surface area contributed by atoms with Gasteiger partial charge in [-0.3, -0.25) is 4.57 Å². The standard InChI is InChI=1S/C16H16ClN3O/c1-21-10-9-11-5-2-3-8-14(11)20-15-12(17)6-4-7-13(15)19-16(20)18/h2-8H,9-10H2,1H3,(H2,18,19). The van der Waals surface area contributed by atoms with Crippen molar-refractivity contribution in [1.82, 2.24) is 9.55 Å². The minimum Gasteiger partial charge on any atom is -0.384 e. The number of benzene rings is 2. The van der Waals surface area contributed by atoms with Gasteiger partial charge in [-0.05, 0) is 30.2 Å². The number of nitrogens with two attached hydrogens (primary N) is 1. The van der Waals surface area contributed by atoms with Crippen molar-refractivity contribution in [3.8, 4) is 5.69 Å². The van der Waals surface area contributed by atoms with Crippen LogP contribution in [0, 0.1) is 0 Å². The Bertz CT molecular complexity index is 782. The molecule has 0 atom stereocenters. The van der Waals surface area contributed by atoms with Gasteiger partial charge in [-0.25, -0.2) is 4.98 Å². The molecule has 0 amide bonds. The number of fused-ring (bicyclic) bond motifs is 1. The fraction of sp³-hybridized carbons (Fsp3) is 0.188. The van der Waals surface area contributed by atoms with Gasteiger partial charge < -0.3 is 10.5 Å². The molecule has 0 unspecified atom stereocenters. The van der Waals surface area contributed by atoms with Gasteiger partial charge >= 0.3 is 0 Å². The number of nitrogen functional groups attached to an aromatic ring is 1. The number of halogens is 1. The Balaban J connectivity index is 2.23. The van der Waals surface area contributed by atoms with Gasteiger partial charge in [0.1, 0.15) is 0 Å². The Kier molecular flexibility index (Phi) is 3.82. The molecule has 5 heteroatoms. The molecule has 21 heavy (non-hydrogen) atoms. The van der Waals surface area contributed by atoms with Crippen LogP contribution in [0.1, 0.15) is 5.56 Å². The zero-order valence-corrected chi connectivity index (χ0v) is 12.5. The highest BCUT2D eigenvalue weighted by Crippen LogP contribution is 2.30. The second-order valence-electron chi connectivity index (χ2n) is 4.78. The van der Waals surface area contributed by atoms with Crippen LogP contribution in [0.2, 0.25) is 5.02 Å². The third-order valence-corrected chi connectivity index (χ3v) is 3.77. The predicted molar refractivity (Wildman–Crippen MR) is 86.1 cm³/mol. The third-order valence-electron chi connectivity index (χ3n) is 3.46. The summed E-state index contributed by atoms with van der Waals surface area (Å²) in [5.74, 6) is 0.433. The predicted octanol–water partition coefficient (Wildman–Crippen LogP) is 3.45. The Morgan fingerprint density at radius 2 is 2.00 bits per heavy atom. The molecule has 3 rings (SSSR count). The highest BCUT2D eigenvalue weighted by molar-refractivity contribution is 6.35. The van der Waals surface area contributed by atoms with Gasteiger partial charge in [-0.2, -0.15) is 0 Å². The van der Waals surface area contributed by atoms with Crippen LogP contribution < -0.4 is 5.73 Å². The number of aromatic nitrogens is 2. The van der Waals surface area contributed by atoms with E-state index in [0.717, 1.165) is 28.7 Å². The minimum atomic E-state index is 0.433. The van der Waals surface area contributed by atoms with E-state index >= 15 is 0 Å². The molecule has 0 saturated carbocycles. The van der Waals surface area contributed by atoms with Crippen LogP contribution in [-0.4, -0.2) is 23.3 Å². The summed E-state index contributed by atoms with van der Waals surface area (Å²) in [6.45, 7) is 0.650. The molecule has 0 bridgehead atoms. The average molecular weight is 302 g/mol. The molecule has 0 aliphatic heterocycles. The van der Waals surface area contributed by atoms with Gasteiger partial charge in [0.05, 0.1) is 28.4 Å². The second kappa shape index (κ2) is 5.76. The van der Waals surface area contributed by atoms with Crippen LogP contribution in [0.15, 0.2) is 42.5 Å². The Hall–Kier alpha value is -2.04. The fourth-order valence-electron chi connectivity index (χ4n) is 2.50. The maximum Gasteiger partial charge on any atom is 0.205 e. The normalized spacial score (nSPS) is 11.1. The summed E-state index contributed by atoms with van der Waals surface area (Å²) in [6.07, 6.45) is 0.802. The van der Waals surface area contributed by atoms with Crippen LogP contribution in [0.4, 0.5) is 5.95 Å². The van der Waals surface area contributed by atoms with E-state index in [9.17, 15) is 0 Å². The molecule has 1 aromatic heterocycles. The topological polar surface area (TPSA) is 53.1 Å². The van der Waals surface area contributed by atoms with Crippen LogP contribution in [0.25, 0.3) is 16.7 Å². The van der Waals surface area contributed by atoms with Crippen molar-refractivity contribution in [1.29, 1.82) is 0 Å². The van der Waals surface area contributed by atoms with Crippen LogP contribution in [0.3, 0.4) is 0 Å². The molecule has 0 spiro atoms. The summed E-state index contributed by atoms with van der Waals surface area (Å²) in [5, 5.41) is 0.637. The number of rotatable bonds is 4. The summed E-state index contributed by atoms with van der Waals surface area (Å²) in [6, 6.07) is 13.7. The van der Waals surface area contributed by atoms with Crippen molar-refractivity contribution in [2.24, 2.45) is 0 Å². The molecule has 3 aromatic rings. The lowest BCUT2D eigenvalue weighted by Gasteiger charge is -2.13. The zero-order valence-electron chi connectivity index (χ0n) is 11.7. The van der Waals surface area contributed by atoms with Crippen LogP contribution >= 0.6 is 11.6 Å². The first kappa shape index (κ1) is 13.9. The van der Waals surface area contributed by atoms with E-state index in [2.05, 4.69) is 11.1 Å². The lowest BCUT2D eigenvalue weighted by Crippen LogP contribution is -2.06. The van der Waals surface area contributed by atoms with E-state index in [1.807, 2.05) is 41.0 Å². The monoisotopic (exact) mass is 301 g/mol. The summed E-state index contributed by atoms with van der Waals surface area (Å²) in [7, 11) is 1.69. The van der Waals surface area contributed by atoms with Gasteiger partial charge in [0.15, 0.2) is 0 Å². The van der Waals surface area contributed by atoms with E-state index < -0.39 is 0 Å². The van der Waals surface area contributed by atoms with E-state index in [1.54, 1.807) is 7.11 Å². The van der Waals surface area contributed by atoms with Gasteiger partial charge in [0.25, 0.3) is 0 Å². The third kappa shape index (κ3) is 2.48. The second-order valence-corrected chi connectivity index (χ2v) is 5.19. The zero-order chi connectivity index (χ0) is 14.8. The molecule has 2 aromatic carbocycles. The summed E-state index contributed by atoms with van der Waals surface area (Å²) < 4.78 is 7.08. The Morgan fingerprint density at radius 3 is 2.81 bits per heavy atom. The van der Waals surface area contributed by atoms with Crippen molar-refractivity contribution in [3.63, 3.8) is 0 Å². The first-order valence-corrected chi connectivity index (χ1v) is 7.10. The van der Waals surface area contributed by atoms with Crippen molar-refractivity contribution >= 4 is 28.6 Å². The van der Waals surface area contributed by atoms with Crippen molar-refractivity contribution < 1.29 is 4.74 Å². The quantitative estimate of drug-likeness (QED) is 0.803. The van der Waals surface area contributed by atoms with Crippen LogP contribution in [0.5, 0.6) is 0 Å². The summed E-state index contributed by atoms with van der Waals surface area (Å²) >= 11 is 6.34. The lowest BCUT2D eigenvalue weighted by molar-refractivity contribution is 0.202. The molecule has 0 fully saturated rings. The number of anilines is 1. The fourth-order valence-corrected chi connectivity index (χ4v) is 2.75. The highest BCUT2D eigenvalue weighted by Gasteiger charge is 2.15. The molecular formula is C16H16ClN3O. The molecule has 0 radical (unpaired) electrons. The van der Waals surface area contributed by atoms with Crippen molar-refractivity contribution in [2.45, 2.75) is 6.42 Å². The molecule has 2 N–H and O–H groups in total. The van der Waals surface area contributed by atoms with E-state index in [0.29, 0.717) is 17.6 Å². The molecule has 1 heterocycles. The number of imidazole rings is 1. The van der Waals surface area contributed by atoms with E-state index in [-0.39, 0.29) is 0 Å². The van der Waals surface area contributed by atoms with Crippen molar-refractivity contribution in [3.05, 3.63) is 53.1 Å². The Labute approximate surface area is 128 Å². The number of ether oxygens (including phenoxy) is 1.